The Bertz CT molecular complexity index is 325. The molecule has 3 nitrogen and oxygen atoms in total. The van der Waals surface area contributed by atoms with Crippen molar-refractivity contribution in [3.63, 3.8) is 0 Å². The van der Waals surface area contributed by atoms with Crippen LogP contribution in [0.25, 0.3) is 10.9 Å². The van der Waals surface area contributed by atoms with E-state index in [0.717, 1.165) is 15.7 Å². The van der Waals surface area contributed by atoms with Crippen LogP contribution in [0.15, 0.2) is 30.5 Å². The lowest BCUT2D eigenvalue weighted by Gasteiger charge is -1.80. The van der Waals surface area contributed by atoms with E-state index in [1.165, 1.54) is 0 Å². The Morgan fingerprint density at radius 3 is 2.73 bits per heavy atom. The van der Waals surface area contributed by atoms with Gasteiger partial charge in [-0.3, -0.25) is 0 Å². The molecule has 1 aromatic heterocycles. The third kappa shape index (κ3) is 1.28. The van der Waals surface area contributed by atoms with E-state index in [-0.39, 0.29) is 12.4 Å². The quantitative estimate of drug-likeness (QED) is 0.611. The fourth-order valence-electron chi connectivity index (χ4n) is 0.951. The van der Waals surface area contributed by atoms with Gasteiger partial charge in [0.1, 0.15) is 0 Å². The summed E-state index contributed by atoms with van der Waals surface area (Å²) in [6.07, 6.45) is 1.56. The molecule has 4 heteroatoms. The van der Waals surface area contributed by atoms with Gasteiger partial charge in [-0.2, -0.15) is 0 Å². The summed E-state index contributed by atoms with van der Waals surface area (Å²) in [5.41, 5.74) is 0.810. The number of hydrogen-bond acceptors (Lipinski definition) is 2. The summed E-state index contributed by atoms with van der Waals surface area (Å²) >= 11 is 0. The molecule has 0 saturated carbocycles. The lowest BCUT2D eigenvalue weighted by molar-refractivity contribution is 0.151. The second-order valence-corrected chi connectivity index (χ2v) is 2.11. The lowest BCUT2D eigenvalue weighted by atomic mass is 10.3. The molecule has 1 aromatic carbocycles. The molecular formula is C7H7ClN2O. The molecule has 2 aromatic rings. The van der Waals surface area contributed by atoms with Crippen LogP contribution in [0.3, 0.4) is 0 Å². The van der Waals surface area contributed by atoms with Gasteiger partial charge in [-0.05, 0) is 6.07 Å². The molecule has 0 saturated heterocycles. The first-order valence-corrected chi connectivity index (χ1v) is 3.00. The van der Waals surface area contributed by atoms with Crippen molar-refractivity contribution in [2.45, 2.75) is 0 Å². The van der Waals surface area contributed by atoms with Gasteiger partial charge in [0.2, 0.25) is 0 Å². The molecule has 0 aliphatic heterocycles. The number of aromatic nitrogens is 2. The first-order chi connectivity index (χ1) is 4.86. The molecule has 0 spiro atoms. The predicted molar refractivity (Wildman–Crippen MR) is 44.2 cm³/mol. The summed E-state index contributed by atoms with van der Waals surface area (Å²) in [7, 11) is 0. The summed E-state index contributed by atoms with van der Waals surface area (Å²) in [4.78, 5) is 0.824. The highest BCUT2D eigenvalue weighted by molar-refractivity contribution is 5.85. The molecule has 0 radical (unpaired) electrons. The molecule has 1 heterocycles. The van der Waals surface area contributed by atoms with Crippen LogP contribution in [-0.4, -0.2) is 15.2 Å². The summed E-state index contributed by atoms with van der Waals surface area (Å²) in [5.74, 6) is 0. The molecule has 1 N–H and O–H groups in total. The van der Waals surface area contributed by atoms with Gasteiger partial charge in [-0.15, -0.1) is 22.4 Å². The summed E-state index contributed by atoms with van der Waals surface area (Å²) < 4.78 is 0. The van der Waals surface area contributed by atoms with Crippen LogP contribution in [0.5, 0.6) is 0 Å². The van der Waals surface area contributed by atoms with Gasteiger partial charge in [-0.1, -0.05) is 18.2 Å². The Hall–Kier alpha value is -1.22. The normalized spacial score (nSPS) is 9.45. The van der Waals surface area contributed by atoms with Crippen LogP contribution in [0.2, 0.25) is 0 Å². The number of nitrogens with zero attached hydrogens (tertiary/aromatic N) is 2. The Balaban J connectivity index is 0.000000605. The van der Waals surface area contributed by atoms with Crippen molar-refractivity contribution in [2.75, 3.05) is 0 Å². The molecular weight excluding hydrogens is 164 g/mol. The molecule has 2 rings (SSSR count). The zero-order chi connectivity index (χ0) is 6.97. The van der Waals surface area contributed by atoms with Crippen LogP contribution in [0, 0.1) is 0 Å². The van der Waals surface area contributed by atoms with Gasteiger partial charge in [0.15, 0.2) is 0 Å². The summed E-state index contributed by atoms with van der Waals surface area (Å²) in [5, 5.41) is 13.6. The van der Waals surface area contributed by atoms with Crippen molar-refractivity contribution < 1.29 is 5.21 Å². The minimum Gasteiger partial charge on any atom is -0.412 e. The number of fused-ring (bicyclic) bond motifs is 1. The van der Waals surface area contributed by atoms with E-state index in [1.54, 1.807) is 6.20 Å². The van der Waals surface area contributed by atoms with Crippen LogP contribution < -0.4 is 0 Å². The maximum atomic E-state index is 8.86. The standard InChI is InChI=1S/C7H6N2O.ClH/c10-9-5-6-3-1-2-4-7(6)8-9;/h1-5,10H;1H. The van der Waals surface area contributed by atoms with E-state index < -0.39 is 0 Å². The molecule has 0 atom stereocenters. The van der Waals surface area contributed by atoms with E-state index in [1.807, 2.05) is 24.3 Å². The molecule has 0 aliphatic rings. The molecule has 0 unspecified atom stereocenters. The third-order valence-corrected chi connectivity index (χ3v) is 1.40. The van der Waals surface area contributed by atoms with E-state index in [2.05, 4.69) is 5.10 Å². The highest BCUT2D eigenvalue weighted by atomic mass is 35.5. The van der Waals surface area contributed by atoms with Crippen molar-refractivity contribution in [1.82, 2.24) is 9.94 Å². The van der Waals surface area contributed by atoms with E-state index in [9.17, 15) is 0 Å². The van der Waals surface area contributed by atoms with Gasteiger partial charge in [0.25, 0.3) is 0 Å². The summed E-state index contributed by atoms with van der Waals surface area (Å²) in [6.45, 7) is 0. The van der Waals surface area contributed by atoms with Crippen LogP contribution in [0.4, 0.5) is 0 Å². The molecule has 58 valence electrons. The van der Waals surface area contributed by atoms with E-state index in [0.29, 0.717) is 0 Å². The van der Waals surface area contributed by atoms with E-state index >= 15 is 0 Å². The number of halogens is 1. The Kier molecular flexibility index (Phi) is 2.01. The molecule has 0 amide bonds. The van der Waals surface area contributed by atoms with Crippen LogP contribution in [0.1, 0.15) is 0 Å². The number of benzene rings is 1. The molecule has 0 fully saturated rings. The second kappa shape index (κ2) is 2.80. The fourth-order valence-corrected chi connectivity index (χ4v) is 0.951. The SMILES string of the molecule is Cl.On1cc2ccccc2n1. The maximum Gasteiger partial charge on any atom is 0.0959 e. The average Bonchev–Trinajstić information content (AvgIpc) is 2.27. The van der Waals surface area contributed by atoms with Gasteiger partial charge in [0.05, 0.1) is 11.7 Å². The lowest BCUT2D eigenvalue weighted by Crippen LogP contribution is -1.86. The smallest absolute Gasteiger partial charge is 0.0959 e. The highest BCUT2D eigenvalue weighted by Crippen LogP contribution is 2.08. The van der Waals surface area contributed by atoms with Crippen molar-refractivity contribution in [2.24, 2.45) is 0 Å². The van der Waals surface area contributed by atoms with Gasteiger partial charge in [-0.25, -0.2) is 0 Å². The molecule has 0 aliphatic carbocycles. The Morgan fingerprint density at radius 1 is 1.27 bits per heavy atom. The monoisotopic (exact) mass is 170 g/mol. The number of hydrogen-bond donors (Lipinski definition) is 1. The van der Waals surface area contributed by atoms with Crippen molar-refractivity contribution in [3.8, 4) is 0 Å². The van der Waals surface area contributed by atoms with Gasteiger partial charge < -0.3 is 5.21 Å². The average molecular weight is 171 g/mol. The highest BCUT2D eigenvalue weighted by Gasteiger charge is 1.94. The van der Waals surface area contributed by atoms with Crippen molar-refractivity contribution in [3.05, 3.63) is 30.5 Å². The first-order valence-electron chi connectivity index (χ1n) is 3.00. The topological polar surface area (TPSA) is 38.0 Å². The largest absolute Gasteiger partial charge is 0.412 e. The predicted octanol–water partition coefficient (Wildman–Crippen LogP) is 1.70. The van der Waals surface area contributed by atoms with Gasteiger partial charge in [0, 0.05) is 5.39 Å². The minimum absolute atomic E-state index is 0. The third-order valence-electron chi connectivity index (χ3n) is 1.40. The molecule has 0 bridgehead atoms. The van der Waals surface area contributed by atoms with E-state index in [4.69, 9.17) is 5.21 Å². The fraction of sp³-hybridized carbons (Fsp3) is 0. The van der Waals surface area contributed by atoms with Gasteiger partial charge >= 0.3 is 0 Å². The van der Waals surface area contributed by atoms with Crippen molar-refractivity contribution in [1.29, 1.82) is 0 Å². The zero-order valence-electron chi connectivity index (χ0n) is 5.64. The van der Waals surface area contributed by atoms with Crippen LogP contribution >= 0.6 is 12.4 Å². The van der Waals surface area contributed by atoms with Crippen LogP contribution in [-0.2, 0) is 0 Å². The number of rotatable bonds is 0. The second-order valence-electron chi connectivity index (χ2n) is 2.11. The minimum atomic E-state index is 0. The zero-order valence-corrected chi connectivity index (χ0v) is 6.45. The maximum absolute atomic E-state index is 8.86. The Labute approximate surface area is 69.6 Å². The van der Waals surface area contributed by atoms with Crippen molar-refractivity contribution >= 4 is 23.3 Å². The molecule has 11 heavy (non-hydrogen) atoms. The Morgan fingerprint density at radius 2 is 2.00 bits per heavy atom. The first kappa shape index (κ1) is 7.88. The summed E-state index contributed by atoms with van der Waals surface area (Å²) in [6, 6.07) is 7.54.